The van der Waals surface area contributed by atoms with E-state index in [1.54, 1.807) is 4.90 Å². The summed E-state index contributed by atoms with van der Waals surface area (Å²) in [5, 5.41) is 2.98. The van der Waals surface area contributed by atoms with Gasteiger partial charge in [-0.15, -0.1) is 0 Å². The minimum absolute atomic E-state index is 0.0388. The molecule has 1 aromatic carbocycles. The van der Waals surface area contributed by atoms with Crippen LogP contribution in [0.5, 0.6) is 0 Å². The molecular weight excluding hydrogens is 300 g/mol. The molecule has 4 nitrogen and oxygen atoms in total. The normalized spacial score (nSPS) is 11.8. The number of rotatable bonds is 10. The fourth-order valence-electron chi connectivity index (χ4n) is 2.79. The fraction of sp³-hybridized carbons (Fsp3) is 0.600. The Kier molecular flexibility index (Phi) is 9.13. The van der Waals surface area contributed by atoms with Gasteiger partial charge in [-0.25, -0.2) is 0 Å². The number of benzene rings is 1. The van der Waals surface area contributed by atoms with Crippen molar-refractivity contribution in [1.29, 1.82) is 0 Å². The summed E-state index contributed by atoms with van der Waals surface area (Å²) < 4.78 is 0. The Hall–Kier alpha value is -1.84. The Bertz CT molecular complexity index is 528. The van der Waals surface area contributed by atoms with Gasteiger partial charge in [-0.3, -0.25) is 9.59 Å². The summed E-state index contributed by atoms with van der Waals surface area (Å²) >= 11 is 0. The van der Waals surface area contributed by atoms with Crippen molar-refractivity contribution < 1.29 is 9.59 Å². The minimum Gasteiger partial charge on any atom is -0.354 e. The Morgan fingerprint density at radius 1 is 1.17 bits per heavy atom. The minimum atomic E-state index is -0.401. The summed E-state index contributed by atoms with van der Waals surface area (Å²) in [7, 11) is 0. The highest BCUT2D eigenvalue weighted by Crippen LogP contribution is 2.15. The standard InChI is InChI=1S/C20H32N2O2/c1-5-8-13-21-20(24)18(7-3)22(19(23)10-6-2)15-17-12-9-11-16(4)14-17/h9,11-12,14,18H,5-8,10,13,15H2,1-4H3,(H,21,24). The van der Waals surface area contributed by atoms with Crippen molar-refractivity contribution in [2.24, 2.45) is 0 Å². The molecule has 0 radical (unpaired) electrons. The molecule has 0 heterocycles. The van der Waals surface area contributed by atoms with Crippen LogP contribution in [0.15, 0.2) is 24.3 Å². The molecule has 0 saturated heterocycles. The zero-order valence-corrected chi connectivity index (χ0v) is 15.6. The molecule has 1 unspecified atom stereocenters. The second-order valence-electron chi connectivity index (χ2n) is 6.33. The van der Waals surface area contributed by atoms with Crippen LogP contribution in [0.25, 0.3) is 0 Å². The highest BCUT2D eigenvalue weighted by molar-refractivity contribution is 5.87. The maximum Gasteiger partial charge on any atom is 0.242 e. The van der Waals surface area contributed by atoms with E-state index >= 15 is 0 Å². The van der Waals surface area contributed by atoms with Crippen molar-refractivity contribution in [2.75, 3.05) is 6.54 Å². The summed E-state index contributed by atoms with van der Waals surface area (Å²) in [6.45, 7) is 9.25. The van der Waals surface area contributed by atoms with Crippen LogP contribution in [0.1, 0.15) is 64.0 Å². The Morgan fingerprint density at radius 2 is 1.92 bits per heavy atom. The molecule has 0 aliphatic heterocycles. The number of carbonyl (C=O) groups is 2. The number of hydrogen-bond acceptors (Lipinski definition) is 2. The number of aryl methyl sites for hydroxylation is 1. The maximum absolute atomic E-state index is 12.6. The largest absolute Gasteiger partial charge is 0.354 e. The van der Waals surface area contributed by atoms with Gasteiger partial charge < -0.3 is 10.2 Å². The van der Waals surface area contributed by atoms with Gasteiger partial charge >= 0.3 is 0 Å². The number of nitrogens with zero attached hydrogens (tertiary/aromatic N) is 1. The molecule has 1 aromatic rings. The molecule has 1 N–H and O–H groups in total. The zero-order valence-electron chi connectivity index (χ0n) is 15.6. The topological polar surface area (TPSA) is 49.4 Å². The Balaban J connectivity index is 2.92. The average Bonchev–Trinajstić information content (AvgIpc) is 2.55. The molecule has 134 valence electrons. The van der Waals surface area contributed by atoms with Crippen molar-refractivity contribution >= 4 is 11.8 Å². The first-order valence-electron chi connectivity index (χ1n) is 9.16. The third-order valence-corrected chi connectivity index (χ3v) is 4.11. The molecule has 0 spiro atoms. The van der Waals surface area contributed by atoms with Crippen molar-refractivity contribution in [3.05, 3.63) is 35.4 Å². The smallest absolute Gasteiger partial charge is 0.242 e. The first-order valence-corrected chi connectivity index (χ1v) is 9.16. The molecule has 24 heavy (non-hydrogen) atoms. The van der Waals surface area contributed by atoms with Crippen LogP contribution in [-0.4, -0.2) is 29.3 Å². The van der Waals surface area contributed by atoms with Crippen molar-refractivity contribution in [2.45, 2.75) is 72.4 Å². The van der Waals surface area contributed by atoms with E-state index < -0.39 is 6.04 Å². The number of carbonyl (C=O) groups excluding carboxylic acids is 2. The van der Waals surface area contributed by atoms with Gasteiger partial charge in [-0.1, -0.05) is 57.0 Å². The van der Waals surface area contributed by atoms with Gasteiger partial charge in [0, 0.05) is 19.5 Å². The summed E-state index contributed by atoms with van der Waals surface area (Å²) in [5.74, 6) is 0.0135. The van der Waals surface area contributed by atoms with E-state index in [1.165, 1.54) is 0 Å². The zero-order chi connectivity index (χ0) is 17.9. The highest BCUT2D eigenvalue weighted by Gasteiger charge is 2.27. The molecule has 0 aliphatic carbocycles. The molecule has 0 bridgehead atoms. The predicted molar refractivity (Wildman–Crippen MR) is 98.6 cm³/mol. The van der Waals surface area contributed by atoms with Crippen LogP contribution < -0.4 is 5.32 Å². The SMILES string of the molecule is CCCCNC(=O)C(CC)N(Cc1cccc(C)c1)C(=O)CCC. The Morgan fingerprint density at radius 3 is 2.50 bits per heavy atom. The molecular formula is C20H32N2O2. The number of amides is 2. The second-order valence-corrected chi connectivity index (χ2v) is 6.33. The highest BCUT2D eigenvalue weighted by atomic mass is 16.2. The van der Waals surface area contributed by atoms with Crippen molar-refractivity contribution in [3.8, 4) is 0 Å². The van der Waals surface area contributed by atoms with Crippen LogP contribution in [-0.2, 0) is 16.1 Å². The van der Waals surface area contributed by atoms with E-state index in [9.17, 15) is 9.59 Å². The van der Waals surface area contributed by atoms with Gasteiger partial charge in [0.15, 0.2) is 0 Å². The lowest BCUT2D eigenvalue weighted by atomic mass is 10.1. The average molecular weight is 332 g/mol. The molecule has 0 saturated carbocycles. The predicted octanol–water partition coefficient (Wildman–Crippen LogP) is 3.82. The van der Waals surface area contributed by atoms with E-state index in [4.69, 9.17) is 0 Å². The lowest BCUT2D eigenvalue weighted by molar-refractivity contribution is -0.141. The van der Waals surface area contributed by atoms with Gasteiger partial charge in [-0.2, -0.15) is 0 Å². The molecule has 1 atom stereocenters. The fourth-order valence-corrected chi connectivity index (χ4v) is 2.79. The van der Waals surface area contributed by atoms with Crippen LogP contribution in [0, 0.1) is 6.92 Å². The van der Waals surface area contributed by atoms with Gasteiger partial charge in [0.05, 0.1) is 0 Å². The Labute approximate surface area is 146 Å². The van der Waals surface area contributed by atoms with Gasteiger partial charge in [0.2, 0.25) is 11.8 Å². The van der Waals surface area contributed by atoms with Crippen LogP contribution in [0.2, 0.25) is 0 Å². The first-order chi connectivity index (χ1) is 11.5. The number of unbranched alkanes of at least 4 members (excludes halogenated alkanes) is 1. The lowest BCUT2D eigenvalue weighted by Crippen LogP contribution is -2.49. The quantitative estimate of drug-likeness (QED) is 0.662. The van der Waals surface area contributed by atoms with E-state index in [2.05, 4.69) is 18.3 Å². The third kappa shape index (κ3) is 6.34. The molecule has 4 heteroatoms. The van der Waals surface area contributed by atoms with E-state index in [-0.39, 0.29) is 11.8 Å². The van der Waals surface area contributed by atoms with Crippen LogP contribution in [0.3, 0.4) is 0 Å². The van der Waals surface area contributed by atoms with E-state index in [1.807, 2.05) is 39.0 Å². The number of hydrogen-bond donors (Lipinski definition) is 1. The monoisotopic (exact) mass is 332 g/mol. The second kappa shape index (κ2) is 10.8. The van der Waals surface area contributed by atoms with Crippen molar-refractivity contribution in [1.82, 2.24) is 10.2 Å². The summed E-state index contributed by atoms with van der Waals surface area (Å²) in [6, 6.07) is 7.72. The van der Waals surface area contributed by atoms with Gasteiger partial charge in [0.25, 0.3) is 0 Å². The van der Waals surface area contributed by atoms with E-state index in [0.717, 1.165) is 30.4 Å². The van der Waals surface area contributed by atoms with Gasteiger partial charge in [-0.05, 0) is 31.7 Å². The van der Waals surface area contributed by atoms with Crippen LogP contribution in [0.4, 0.5) is 0 Å². The van der Waals surface area contributed by atoms with Crippen molar-refractivity contribution in [3.63, 3.8) is 0 Å². The first kappa shape index (κ1) is 20.2. The van der Waals surface area contributed by atoms with Crippen LogP contribution >= 0.6 is 0 Å². The maximum atomic E-state index is 12.6. The lowest BCUT2D eigenvalue weighted by Gasteiger charge is -2.30. The molecule has 0 fully saturated rings. The summed E-state index contributed by atoms with van der Waals surface area (Å²) in [4.78, 5) is 26.9. The summed E-state index contributed by atoms with van der Waals surface area (Å²) in [5.41, 5.74) is 2.23. The van der Waals surface area contributed by atoms with Gasteiger partial charge in [0.1, 0.15) is 6.04 Å². The molecule has 1 rings (SSSR count). The molecule has 0 aromatic heterocycles. The third-order valence-electron chi connectivity index (χ3n) is 4.11. The number of nitrogens with one attached hydrogen (secondary N) is 1. The molecule has 0 aliphatic rings. The van der Waals surface area contributed by atoms with E-state index in [0.29, 0.717) is 25.9 Å². The molecule has 2 amide bonds. The summed E-state index contributed by atoms with van der Waals surface area (Å²) in [6.07, 6.45) is 3.89.